The summed E-state index contributed by atoms with van der Waals surface area (Å²) in [5.74, 6) is -0.0702. The smallest absolute Gasteiger partial charge is 0.335 e. The topological polar surface area (TPSA) is 73.6 Å². The fourth-order valence-electron chi connectivity index (χ4n) is 2.84. The van der Waals surface area contributed by atoms with E-state index in [-0.39, 0.29) is 11.7 Å². The monoisotopic (exact) mass is 304 g/mol. The molecule has 2 heterocycles. The van der Waals surface area contributed by atoms with E-state index in [0.29, 0.717) is 25.3 Å². The van der Waals surface area contributed by atoms with Gasteiger partial charge in [0.15, 0.2) is 0 Å². The van der Waals surface area contributed by atoms with Crippen LogP contribution >= 0.6 is 0 Å². The van der Waals surface area contributed by atoms with Crippen molar-refractivity contribution in [3.63, 3.8) is 0 Å². The number of rotatable bonds is 6. The number of aromatic carboxylic acids is 1. The van der Waals surface area contributed by atoms with Crippen molar-refractivity contribution in [2.45, 2.75) is 32.4 Å². The van der Waals surface area contributed by atoms with Crippen LogP contribution in [0.15, 0.2) is 18.2 Å². The number of benzene rings is 1. The number of fused-ring (bicyclic) bond motifs is 1. The molecule has 0 bridgehead atoms. The maximum absolute atomic E-state index is 11.1. The number of aromatic nitrogens is 2. The van der Waals surface area contributed by atoms with Crippen LogP contribution < -0.4 is 0 Å². The number of carboxylic acids is 1. The van der Waals surface area contributed by atoms with Gasteiger partial charge in [-0.3, -0.25) is 0 Å². The molecule has 6 heteroatoms. The highest BCUT2D eigenvalue weighted by atomic mass is 16.5. The summed E-state index contributed by atoms with van der Waals surface area (Å²) in [4.78, 5) is 15.8. The molecular formula is C16H20N2O4. The number of hydrogen-bond donors (Lipinski definition) is 1. The molecule has 0 aliphatic carbocycles. The van der Waals surface area contributed by atoms with Gasteiger partial charge in [0, 0.05) is 19.8 Å². The van der Waals surface area contributed by atoms with Crippen LogP contribution in [0.25, 0.3) is 11.0 Å². The Morgan fingerprint density at radius 3 is 3.09 bits per heavy atom. The van der Waals surface area contributed by atoms with Crippen molar-refractivity contribution in [2.24, 2.45) is 0 Å². The van der Waals surface area contributed by atoms with Crippen molar-refractivity contribution in [3.8, 4) is 0 Å². The maximum Gasteiger partial charge on any atom is 0.335 e. The summed E-state index contributed by atoms with van der Waals surface area (Å²) in [5.41, 5.74) is 1.87. The predicted octanol–water partition coefficient (Wildman–Crippen LogP) is 2.62. The third kappa shape index (κ3) is 2.84. The number of nitrogens with zero attached hydrogens (tertiary/aromatic N) is 2. The van der Waals surface area contributed by atoms with E-state index in [9.17, 15) is 4.79 Å². The van der Waals surface area contributed by atoms with Gasteiger partial charge >= 0.3 is 5.97 Å². The Labute approximate surface area is 128 Å². The zero-order chi connectivity index (χ0) is 15.5. The molecule has 1 aromatic carbocycles. The molecule has 0 spiro atoms. The number of hydrogen-bond acceptors (Lipinski definition) is 4. The lowest BCUT2D eigenvalue weighted by Crippen LogP contribution is -2.12. The zero-order valence-corrected chi connectivity index (χ0v) is 12.6. The van der Waals surface area contributed by atoms with Gasteiger partial charge in [-0.25, -0.2) is 9.78 Å². The third-order valence-corrected chi connectivity index (χ3v) is 3.91. The first-order chi connectivity index (χ1) is 10.7. The molecule has 6 nitrogen and oxygen atoms in total. The summed E-state index contributed by atoms with van der Waals surface area (Å²) in [6.45, 7) is 4.67. The second-order valence-corrected chi connectivity index (χ2v) is 5.33. The molecule has 22 heavy (non-hydrogen) atoms. The quantitative estimate of drug-likeness (QED) is 0.830. The average molecular weight is 304 g/mol. The maximum atomic E-state index is 11.1. The number of carboxylic acid groups (broad SMARTS) is 1. The van der Waals surface area contributed by atoms with Crippen LogP contribution in [-0.2, 0) is 16.0 Å². The average Bonchev–Trinajstić information content (AvgIpc) is 3.14. The van der Waals surface area contributed by atoms with Crippen LogP contribution in [0.5, 0.6) is 0 Å². The summed E-state index contributed by atoms with van der Waals surface area (Å²) < 4.78 is 13.3. The Balaban J connectivity index is 2.01. The molecule has 3 rings (SSSR count). The Bertz CT molecular complexity index is 674. The van der Waals surface area contributed by atoms with E-state index < -0.39 is 5.97 Å². The van der Waals surface area contributed by atoms with Crippen molar-refractivity contribution < 1.29 is 19.4 Å². The fourth-order valence-corrected chi connectivity index (χ4v) is 2.84. The van der Waals surface area contributed by atoms with E-state index >= 15 is 0 Å². The van der Waals surface area contributed by atoms with Gasteiger partial charge in [-0.1, -0.05) is 0 Å². The second kappa shape index (κ2) is 6.46. The molecule has 0 radical (unpaired) electrons. The fraction of sp³-hybridized carbons (Fsp3) is 0.500. The Morgan fingerprint density at radius 1 is 1.55 bits per heavy atom. The van der Waals surface area contributed by atoms with Crippen LogP contribution in [-0.4, -0.2) is 40.4 Å². The Kier molecular flexibility index (Phi) is 4.40. The summed E-state index contributed by atoms with van der Waals surface area (Å²) >= 11 is 0. The van der Waals surface area contributed by atoms with Crippen molar-refractivity contribution >= 4 is 17.0 Å². The van der Waals surface area contributed by atoms with E-state index in [0.717, 1.165) is 30.8 Å². The van der Waals surface area contributed by atoms with Crippen molar-refractivity contribution in [2.75, 3.05) is 19.8 Å². The molecule has 1 unspecified atom stereocenters. The number of imidazole rings is 1. The summed E-state index contributed by atoms with van der Waals surface area (Å²) in [6, 6.07) is 5.05. The number of carbonyl (C=O) groups is 1. The highest BCUT2D eigenvalue weighted by Crippen LogP contribution is 2.30. The van der Waals surface area contributed by atoms with Gasteiger partial charge < -0.3 is 19.1 Å². The Hall–Kier alpha value is -1.92. The van der Waals surface area contributed by atoms with Gasteiger partial charge in [0.1, 0.15) is 11.9 Å². The van der Waals surface area contributed by atoms with E-state index in [1.807, 2.05) is 13.0 Å². The molecule has 118 valence electrons. The van der Waals surface area contributed by atoms with Crippen molar-refractivity contribution in [1.29, 1.82) is 0 Å². The minimum absolute atomic E-state index is 0.0118. The van der Waals surface area contributed by atoms with Gasteiger partial charge in [-0.05, 0) is 38.0 Å². The molecule has 0 saturated carbocycles. The molecule has 1 N–H and O–H groups in total. The standard InChI is InChI=1S/C16H20N2O4/c1-2-21-9-7-18-13-6-5-11(16(19)20)10-12(13)17-15(18)14-4-3-8-22-14/h5-6,10,14H,2-4,7-9H2,1H3,(H,19,20). The molecular weight excluding hydrogens is 284 g/mol. The zero-order valence-electron chi connectivity index (χ0n) is 12.6. The highest BCUT2D eigenvalue weighted by Gasteiger charge is 2.24. The van der Waals surface area contributed by atoms with Gasteiger partial charge in [-0.15, -0.1) is 0 Å². The largest absolute Gasteiger partial charge is 0.478 e. The molecule has 1 aliphatic rings. The van der Waals surface area contributed by atoms with Crippen molar-refractivity contribution in [1.82, 2.24) is 9.55 Å². The van der Waals surface area contributed by atoms with E-state index in [2.05, 4.69) is 9.55 Å². The predicted molar refractivity (Wildman–Crippen MR) is 81.1 cm³/mol. The van der Waals surface area contributed by atoms with Gasteiger partial charge in [0.25, 0.3) is 0 Å². The van der Waals surface area contributed by atoms with Crippen LogP contribution in [0.2, 0.25) is 0 Å². The van der Waals surface area contributed by atoms with Gasteiger partial charge in [-0.2, -0.15) is 0 Å². The first kappa shape index (κ1) is 15.0. The molecule has 0 amide bonds. The van der Waals surface area contributed by atoms with Crippen LogP contribution in [0, 0.1) is 0 Å². The van der Waals surface area contributed by atoms with Crippen molar-refractivity contribution in [3.05, 3.63) is 29.6 Å². The van der Waals surface area contributed by atoms with E-state index in [4.69, 9.17) is 14.6 Å². The van der Waals surface area contributed by atoms with Crippen LogP contribution in [0.1, 0.15) is 42.1 Å². The minimum Gasteiger partial charge on any atom is -0.478 e. The minimum atomic E-state index is -0.940. The SMILES string of the molecule is CCOCCn1c(C2CCCO2)nc2cc(C(=O)O)ccc21. The molecule has 1 saturated heterocycles. The first-order valence-electron chi connectivity index (χ1n) is 7.63. The lowest BCUT2D eigenvalue weighted by molar-refractivity contribution is 0.0697. The third-order valence-electron chi connectivity index (χ3n) is 3.91. The number of ether oxygens (including phenoxy) is 2. The lowest BCUT2D eigenvalue weighted by Gasteiger charge is -2.13. The first-order valence-corrected chi connectivity index (χ1v) is 7.63. The molecule has 1 atom stereocenters. The van der Waals surface area contributed by atoms with Crippen LogP contribution in [0.4, 0.5) is 0 Å². The highest BCUT2D eigenvalue weighted by molar-refractivity contribution is 5.92. The molecule has 1 fully saturated rings. The normalized spacial score (nSPS) is 18.1. The summed E-state index contributed by atoms with van der Waals surface area (Å²) in [5, 5.41) is 9.13. The molecule has 2 aromatic rings. The van der Waals surface area contributed by atoms with Crippen LogP contribution in [0.3, 0.4) is 0 Å². The second-order valence-electron chi connectivity index (χ2n) is 5.33. The van der Waals surface area contributed by atoms with E-state index in [1.54, 1.807) is 12.1 Å². The lowest BCUT2D eigenvalue weighted by atomic mass is 10.2. The van der Waals surface area contributed by atoms with E-state index in [1.165, 1.54) is 0 Å². The van der Waals surface area contributed by atoms with Gasteiger partial charge in [0.05, 0.1) is 23.2 Å². The summed E-state index contributed by atoms with van der Waals surface area (Å²) in [7, 11) is 0. The van der Waals surface area contributed by atoms with Gasteiger partial charge in [0.2, 0.25) is 0 Å². The molecule has 1 aromatic heterocycles. The Morgan fingerprint density at radius 2 is 2.41 bits per heavy atom. The summed E-state index contributed by atoms with van der Waals surface area (Å²) in [6.07, 6.45) is 1.96. The molecule has 1 aliphatic heterocycles.